The van der Waals surface area contributed by atoms with Crippen LogP contribution in [0, 0.1) is 18.3 Å². The molecule has 0 atom stereocenters. The lowest BCUT2D eigenvalue weighted by molar-refractivity contribution is -0.117. The zero-order valence-corrected chi connectivity index (χ0v) is 14.5. The van der Waals surface area contributed by atoms with Crippen LogP contribution >= 0.6 is 0 Å². The van der Waals surface area contributed by atoms with Gasteiger partial charge in [0.1, 0.15) is 23.2 Å². The van der Waals surface area contributed by atoms with Crippen molar-refractivity contribution < 1.29 is 18.7 Å². The van der Waals surface area contributed by atoms with Gasteiger partial charge in [0, 0.05) is 12.6 Å². The molecule has 1 heterocycles. The quantitative estimate of drug-likeness (QED) is 0.619. The smallest absolute Gasteiger partial charge is 0.262 e. The first-order valence-corrected chi connectivity index (χ1v) is 7.74. The fourth-order valence-corrected chi connectivity index (χ4v) is 2.27. The summed E-state index contributed by atoms with van der Waals surface area (Å²) in [6.07, 6.45) is 2.03. The molecular formula is C19H20N2O4. The van der Waals surface area contributed by atoms with Crippen LogP contribution in [0.3, 0.4) is 0 Å². The third-order valence-electron chi connectivity index (χ3n) is 3.56. The van der Waals surface area contributed by atoms with Crippen LogP contribution in [0.1, 0.15) is 17.1 Å². The van der Waals surface area contributed by atoms with E-state index in [-0.39, 0.29) is 5.57 Å². The molecule has 1 N–H and O–H groups in total. The first-order chi connectivity index (χ1) is 12.1. The lowest BCUT2D eigenvalue weighted by atomic mass is 10.1. The van der Waals surface area contributed by atoms with Crippen LogP contribution in [0.2, 0.25) is 0 Å². The van der Waals surface area contributed by atoms with Crippen molar-refractivity contribution in [1.82, 2.24) is 5.32 Å². The number of benzene rings is 1. The second-order valence-electron chi connectivity index (χ2n) is 5.31. The van der Waals surface area contributed by atoms with E-state index in [2.05, 4.69) is 5.32 Å². The number of nitrogens with zero attached hydrogens (tertiary/aromatic N) is 1. The van der Waals surface area contributed by atoms with Crippen LogP contribution in [0.4, 0.5) is 0 Å². The largest absolute Gasteiger partial charge is 0.493 e. The summed E-state index contributed by atoms with van der Waals surface area (Å²) in [4.78, 5) is 12.1. The topological polar surface area (TPSA) is 84.5 Å². The van der Waals surface area contributed by atoms with Gasteiger partial charge in [-0.3, -0.25) is 4.79 Å². The van der Waals surface area contributed by atoms with Gasteiger partial charge in [0.2, 0.25) is 0 Å². The van der Waals surface area contributed by atoms with Crippen LogP contribution in [-0.4, -0.2) is 26.7 Å². The van der Waals surface area contributed by atoms with Gasteiger partial charge in [-0.15, -0.1) is 0 Å². The van der Waals surface area contributed by atoms with E-state index in [4.69, 9.17) is 19.2 Å². The number of rotatable bonds is 7. The number of aryl methyl sites for hydroxylation is 1. The highest BCUT2D eigenvalue weighted by molar-refractivity contribution is 6.01. The Kier molecular flexibility index (Phi) is 6.24. The summed E-state index contributed by atoms with van der Waals surface area (Å²) in [5, 5.41) is 11.9. The second kappa shape index (κ2) is 8.60. The number of hydrogen-bond donors (Lipinski definition) is 1. The molecule has 2 aromatic rings. The molecule has 0 bridgehead atoms. The summed E-state index contributed by atoms with van der Waals surface area (Å²) in [5.41, 5.74) is 0.990. The van der Waals surface area contributed by atoms with Gasteiger partial charge in [-0.05, 0) is 43.2 Å². The lowest BCUT2D eigenvalue weighted by Gasteiger charge is -2.10. The monoisotopic (exact) mass is 340 g/mol. The summed E-state index contributed by atoms with van der Waals surface area (Å²) in [6.45, 7) is 2.19. The molecule has 2 rings (SSSR count). The van der Waals surface area contributed by atoms with E-state index in [0.29, 0.717) is 30.2 Å². The molecule has 0 aliphatic heterocycles. The highest BCUT2D eigenvalue weighted by atomic mass is 16.5. The molecule has 6 nitrogen and oxygen atoms in total. The number of carbonyl (C=O) groups excluding carboxylic acids is 1. The first-order valence-electron chi connectivity index (χ1n) is 7.74. The molecule has 130 valence electrons. The molecule has 0 saturated heterocycles. The van der Waals surface area contributed by atoms with E-state index < -0.39 is 5.91 Å². The van der Waals surface area contributed by atoms with Gasteiger partial charge < -0.3 is 19.2 Å². The van der Waals surface area contributed by atoms with E-state index in [1.807, 2.05) is 24.3 Å². The molecule has 0 spiro atoms. The fraction of sp³-hybridized carbons (Fsp3) is 0.263. The van der Waals surface area contributed by atoms with Gasteiger partial charge in [-0.25, -0.2) is 0 Å². The maximum atomic E-state index is 12.1. The second-order valence-corrected chi connectivity index (χ2v) is 5.31. The van der Waals surface area contributed by atoms with Crippen molar-refractivity contribution >= 4 is 12.0 Å². The number of amides is 1. The summed E-state index contributed by atoms with van der Waals surface area (Å²) in [7, 11) is 3.15. The van der Waals surface area contributed by atoms with E-state index >= 15 is 0 Å². The fourth-order valence-electron chi connectivity index (χ4n) is 2.27. The predicted octanol–water partition coefficient (Wildman–Crippen LogP) is 2.87. The van der Waals surface area contributed by atoms with Crippen molar-refractivity contribution in [2.75, 3.05) is 20.8 Å². The van der Waals surface area contributed by atoms with E-state index in [1.165, 1.54) is 6.08 Å². The highest BCUT2D eigenvalue weighted by Gasteiger charge is 2.10. The first kappa shape index (κ1) is 18.1. The number of nitriles is 1. The number of hydrogen-bond acceptors (Lipinski definition) is 5. The van der Waals surface area contributed by atoms with Crippen molar-refractivity contribution in [2.24, 2.45) is 0 Å². The van der Waals surface area contributed by atoms with Crippen LogP contribution in [0.15, 0.2) is 40.3 Å². The Bertz CT molecular complexity index is 815. The predicted molar refractivity (Wildman–Crippen MR) is 93.3 cm³/mol. The summed E-state index contributed by atoms with van der Waals surface area (Å²) in [6, 6.07) is 11.0. The Morgan fingerprint density at radius 3 is 2.60 bits per heavy atom. The minimum Gasteiger partial charge on any atom is -0.493 e. The molecule has 0 saturated carbocycles. The number of methoxy groups -OCH3 is 2. The summed E-state index contributed by atoms with van der Waals surface area (Å²) >= 11 is 0. The van der Waals surface area contributed by atoms with Gasteiger partial charge >= 0.3 is 0 Å². The average molecular weight is 340 g/mol. The maximum absolute atomic E-state index is 12.1. The Morgan fingerprint density at radius 1 is 1.24 bits per heavy atom. The molecule has 1 aromatic heterocycles. The maximum Gasteiger partial charge on any atom is 0.262 e. The van der Waals surface area contributed by atoms with Crippen LogP contribution in [-0.2, 0) is 11.2 Å². The Morgan fingerprint density at radius 2 is 2.00 bits per heavy atom. The number of carbonyl (C=O) groups is 1. The summed E-state index contributed by atoms with van der Waals surface area (Å²) < 4.78 is 15.8. The Hall–Kier alpha value is -3.20. The molecule has 0 unspecified atom stereocenters. The Balaban J connectivity index is 1.95. The molecule has 0 fully saturated rings. The van der Waals surface area contributed by atoms with Crippen molar-refractivity contribution in [3.05, 3.63) is 53.0 Å². The standard InChI is InChI=1S/C19H20N2O4/c1-13-4-6-16(25-13)11-15(12-20)19(22)21-9-8-14-5-7-17(23-2)18(10-14)24-3/h4-7,10-11H,8-9H2,1-3H3,(H,21,22)/b15-11+. The summed E-state index contributed by atoms with van der Waals surface area (Å²) in [5.74, 6) is 2.05. The average Bonchev–Trinajstić information content (AvgIpc) is 3.04. The zero-order chi connectivity index (χ0) is 18.2. The van der Waals surface area contributed by atoms with Gasteiger partial charge in [0.15, 0.2) is 11.5 Å². The third-order valence-corrected chi connectivity index (χ3v) is 3.56. The van der Waals surface area contributed by atoms with Crippen molar-refractivity contribution in [2.45, 2.75) is 13.3 Å². The van der Waals surface area contributed by atoms with E-state index in [9.17, 15) is 4.79 Å². The number of ether oxygens (including phenoxy) is 2. The third kappa shape index (κ3) is 4.88. The Labute approximate surface area is 146 Å². The molecular weight excluding hydrogens is 320 g/mol. The minimum atomic E-state index is -0.433. The molecule has 0 aliphatic rings. The molecule has 0 radical (unpaired) electrons. The van der Waals surface area contributed by atoms with Crippen LogP contribution in [0.25, 0.3) is 6.08 Å². The molecule has 1 amide bonds. The zero-order valence-electron chi connectivity index (χ0n) is 14.5. The van der Waals surface area contributed by atoms with Gasteiger partial charge in [0.05, 0.1) is 14.2 Å². The number of furan rings is 1. The minimum absolute atomic E-state index is 0.00154. The van der Waals surface area contributed by atoms with Gasteiger partial charge in [-0.1, -0.05) is 6.07 Å². The number of nitrogens with one attached hydrogen (secondary N) is 1. The van der Waals surface area contributed by atoms with E-state index in [0.717, 1.165) is 11.3 Å². The van der Waals surface area contributed by atoms with Crippen LogP contribution < -0.4 is 14.8 Å². The molecule has 25 heavy (non-hydrogen) atoms. The lowest BCUT2D eigenvalue weighted by Crippen LogP contribution is -2.26. The highest BCUT2D eigenvalue weighted by Crippen LogP contribution is 2.27. The molecule has 6 heteroatoms. The van der Waals surface area contributed by atoms with Gasteiger partial charge in [-0.2, -0.15) is 5.26 Å². The molecule has 1 aromatic carbocycles. The van der Waals surface area contributed by atoms with Gasteiger partial charge in [0.25, 0.3) is 5.91 Å². The molecule has 0 aliphatic carbocycles. The van der Waals surface area contributed by atoms with E-state index in [1.54, 1.807) is 33.3 Å². The van der Waals surface area contributed by atoms with Crippen molar-refractivity contribution in [3.63, 3.8) is 0 Å². The van der Waals surface area contributed by atoms with Crippen molar-refractivity contribution in [3.8, 4) is 17.6 Å². The van der Waals surface area contributed by atoms with Crippen molar-refractivity contribution in [1.29, 1.82) is 5.26 Å². The normalized spacial score (nSPS) is 10.9. The van der Waals surface area contributed by atoms with Crippen LogP contribution in [0.5, 0.6) is 11.5 Å². The SMILES string of the molecule is COc1ccc(CCNC(=O)/C(C#N)=C/c2ccc(C)o2)cc1OC.